The van der Waals surface area contributed by atoms with E-state index in [2.05, 4.69) is 40.2 Å². The minimum absolute atomic E-state index is 0.196. The molecule has 0 saturated carbocycles. The molecule has 1 N–H and O–H groups in total. The smallest absolute Gasteiger partial charge is 0.264 e. The summed E-state index contributed by atoms with van der Waals surface area (Å²) in [6.07, 6.45) is 1.66. The Morgan fingerprint density at radius 3 is 2.55 bits per heavy atom. The molecule has 0 radical (unpaired) electrons. The lowest BCUT2D eigenvalue weighted by Gasteiger charge is -2.34. The number of para-hydroxylation sites is 1. The molecule has 0 atom stereocenters. The zero-order chi connectivity index (χ0) is 27.7. The first-order chi connectivity index (χ1) is 19.4. The van der Waals surface area contributed by atoms with Crippen molar-refractivity contribution in [3.8, 4) is 0 Å². The van der Waals surface area contributed by atoms with Crippen molar-refractivity contribution >= 4 is 48.3 Å². The summed E-state index contributed by atoms with van der Waals surface area (Å²) in [5, 5.41) is 4.06. The highest BCUT2D eigenvalue weighted by Gasteiger charge is 2.29. The Labute approximate surface area is 239 Å². The molecular formula is C30H33N5O3S2. The van der Waals surface area contributed by atoms with Crippen molar-refractivity contribution in [3.05, 3.63) is 83.4 Å². The summed E-state index contributed by atoms with van der Waals surface area (Å²) in [5.74, 6) is -0.198. The molecule has 1 amide bonds. The van der Waals surface area contributed by atoms with Crippen LogP contribution < -0.4 is 14.5 Å². The van der Waals surface area contributed by atoms with E-state index in [4.69, 9.17) is 4.98 Å². The molecule has 6 rings (SSSR count). The number of rotatable bonds is 7. The fourth-order valence-electron chi connectivity index (χ4n) is 5.40. The fraction of sp³-hybridized carbons (Fsp3) is 0.333. The predicted molar refractivity (Wildman–Crippen MR) is 161 cm³/mol. The van der Waals surface area contributed by atoms with Gasteiger partial charge in [0.05, 0.1) is 20.8 Å². The number of thiazole rings is 1. The van der Waals surface area contributed by atoms with Gasteiger partial charge in [-0.2, -0.15) is 0 Å². The number of hydrogen-bond acceptors (Lipinski definition) is 7. The SMILES string of the molecule is Cc1ccc2nc(N3CCN(CCNC(=O)c4ccc(S(=O)(=O)N5CCCc6ccccc65)cc4)CC3)sc2c1. The third-order valence-corrected chi connectivity index (χ3v) is 10.6. The van der Waals surface area contributed by atoms with E-state index in [1.807, 2.05) is 24.3 Å². The maximum Gasteiger partial charge on any atom is 0.264 e. The topological polar surface area (TPSA) is 85.9 Å². The molecule has 8 nitrogen and oxygen atoms in total. The highest BCUT2D eigenvalue weighted by atomic mass is 32.2. The van der Waals surface area contributed by atoms with Gasteiger partial charge in [0.25, 0.3) is 15.9 Å². The number of carbonyl (C=O) groups excluding carboxylic acids is 1. The molecule has 3 heterocycles. The van der Waals surface area contributed by atoms with Crippen LogP contribution in [-0.2, 0) is 16.4 Å². The molecule has 1 fully saturated rings. The molecule has 2 aliphatic heterocycles. The van der Waals surface area contributed by atoms with E-state index < -0.39 is 10.0 Å². The number of nitrogens with zero attached hydrogens (tertiary/aromatic N) is 4. The molecule has 10 heteroatoms. The largest absolute Gasteiger partial charge is 0.351 e. The second-order valence-electron chi connectivity index (χ2n) is 10.4. The van der Waals surface area contributed by atoms with Gasteiger partial charge in [-0.1, -0.05) is 35.6 Å². The number of nitrogens with one attached hydrogen (secondary N) is 1. The zero-order valence-corrected chi connectivity index (χ0v) is 24.2. The summed E-state index contributed by atoms with van der Waals surface area (Å²) in [6, 6.07) is 20.3. The molecule has 0 aliphatic carbocycles. The minimum atomic E-state index is -3.70. The quantitative estimate of drug-likeness (QED) is 0.354. The predicted octanol–water partition coefficient (Wildman–Crippen LogP) is 4.30. The van der Waals surface area contributed by atoms with Crippen molar-refractivity contribution in [1.29, 1.82) is 0 Å². The molecule has 2 aliphatic rings. The Kier molecular flexibility index (Phi) is 7.48. The monoisotopic (exact) mass is 575 g/mol. The number of aromatic nitrogens is 1. The molecule has 1 aromatic heterocycles. The van der Waals surface area contributed by atoms with Gasteiger partial charge in [-0.3, -0.25) is 14.0 Å². The van der Waals surface area contributed by atoms with Crippen molar-refractivity contribution < 1.29 is 13.2 Å². The lowest BCUT2D eigenvalue weighted by molar-refractivity contribution is 0.0947. The summed E-state index contributed by atoms with van der Waals surface area (Å²) >= 11 is 1.74. The summed E-state index contributed by atoms with van der Waals surface area (Å²) in [4.78, 5) is 22.4. The van der Waals surface area contributed by atoms with Gasteiger partial charge in [0, 0.05) is 51.4 Å². The molecule has 3 aromatic carbocycles. The van der Waals surface area contributed by atoms with Gasteiger partial charge in [-0.15, -0.1) is 0 Å². The first-order valence-corrected chi connectivity index (χ1v) is 16.0. The second-order valence-corrected chi connectivity index (χ2v) is 13.3. The maximum absolute atomic E-state index is 13.4. The molecule has 4 aromatic rings. The number of anilines is 2. The molecule has 0 spiro atoms. The standard InChI is InChI=1S/C30H33N5O3S2/c1-22-8-13-26-28(21-22)39-30(32-26)34-19-17-33(18-20-34)16-14-31-29(36)24-9-11-25(12-10-24)40(37,38)35-15-4-6-23-5-2-3-7-27(23)35/h2-3,5,7-13,21H,4,6,14-20H2,1H3,(H,31,36). The third kappa shape index (κ3) is 5.43. The van der Waals surface area contributed by atoms with Crippen LogP contribution in [0.1, 0.15) is 27.9 Å². The lowest BCUT2D eigenvalue weighted by atomic mass is 10.0. The molecule has 40 heavy (non-hydrogen) atoms. The fourth-order valence-corrected chi connectivity index (χ4v) is 8.06. The number of fused-ring (bicyclic) bond motifs is 2. The van der Waals surface area contributed by atoms with Crippen LogP contribution in [0.5, 0.6) is 0 Å². The Morgan fingerprint density at radius 2 is 1.75 bits per heavy atom. The molecule has 0 unspecified atom stereocenters. The van der Waals surface area contributed by atoms with Crippen LogP contribution >= 0.6 is 11.3 Å². The number of hydrogen-bond donors (Lipinski definition) is 1. The van der Waals surface area contributed by atoms with Crippen LogP contribution in [0, 0.1) is 6.92 Å². The number of benzene rings is 3. The average Bonchev–Trinajstić information content (AvgIpc) is 3.40. The summed E-state index contributed by atoms with van der Waals surface area (Å²) in [7, 11) is -3.70. The normalized spacial score (nSPS) is 16.2. The lowest BCUT2D eigenvalue weighted by Crippen LogP contribution is -2.48. The minimum Gasteiger partial charge on any atom is -0.351 e. The Balaban J connectivity index is 0.999. The van der Waals surface area contributed by atoms with Crippen LogP contribution in [0.25, 0.3) is 10.2 Å². The van der Waals surface area contributed by atoms with Crippen molar-refractivity contribution in [2.45, 2.75) is 24.7 Å². The van der Waals surface area contributed by atoms with Crippen LogP contribution in [-0.4, -0.2) is 70.0 Å². The van der Waals surface area contributed by atoms with Gasteiger partial charge >= 0.3 is 0 Å². The third-order valence-electron chi connectivity index (χ3n) is 7.66. The summed E-state index contributed by atoms with van der Waals surface area (Å²) in [5.41, 5.74) is 4.54. The van der Waals surface area contributed by atoms with E-state index in [-0.39, 0.29) is 10.8 Å². The van der Waals surface area contributed by atoms with E-state index in [9.17, 15) is 13.2 Å². The zero-order valence-electron chi connectivity index (χ0n) is 22.5. The van der Waals surface area contributed by atoms with Crippen LogP contribution in [0.3, 0.4) is 0 Å². The van der Waals surface area contributed by atoms with Crippen molar-refractivity contribution in [3.63, 3.8) is 0 Å². The Bertz CT molecular complexity index is 1630. The molecule has 208 valence electrons. The van der Waals surface area contributed by atoms with Crippen LogP contribution in [0.15, 0.2) is 71.6 Å². The van der Waals surface area contributed by atoms with E-state index in [0.29, 0.717) is 18.7 Å². The van der Waals surface area contributed by atoms with Crippen molar-refractivity contribution in [2.75, 3.05) is 55.0 Å². The van der Waals surface area contributed by atoms with Gasteiger partial charge in [-0.05, 0) is 73.4 Å². The number of sulfonamides is 1. The number of carbonyl (C=O) groups is 1. The van der Waals surface area contributed by atoms with E-state index in [1.165, 1.54) is 26.7 Å². The van der Waals surface area contributed by atoms with E-state index in [1.54, 1.807) is 23.5 Å². The van der Waals surface area contributed by atoms with Gasteiger partial charge in [0.1, 0.15) is 0 Å². The first-order valence-electron chi connectivity index (χ1n) is 13.7. The van der Waals surface area contributed by atoms with Crippen molar-refractivity contribution in [2.24, 2.45) is 0 Å². The summed E-state index contributed by atoms with van der Waals surface area (Å²) in [6.45, 7) is 7.49. The number of piperazine rings is 1. The Hall–Kier alpha value is -3.47. The average molecular weight is 576 g/mol. The van der Waals surface area contributed by atoms with E-state index in [0.717, 1.165) is 67.5 Å². The number of aryl methyl sites for hydroxylation is 2. The molecule has 1 saturated heterocycles. The highest BCUT2D eigenvalue weighted by molar-refractivity contribution is 7.92. The Morgan fingerprint density at radius 1 is 0.975 bits per heavy atom. The van der Waals surface area contributed by atoms with Gasteiger partial charge in [-0.25, -0.2) is 13.4 Å². The van der Waals surface area contributed by atoms with E-state index >= 15 is 0 Å². The maximum atomic E-state index is 13.4. The van der Waals surface area contributed by atoms with Gasteiger partial charge in [0.2, 0.25) is 0 Å². The summed E-state index contributed by atoms with van der Waals surface area (Å²) < 4.78 is 29.4. The molecule has 0 bridgehead atoms. The van der Waals surface area contributed by atoms with Gasteiger partial charge < -0.3 is 10.2 Å². The second kappa shape index (κ2) is 11.2. The highest BCUT2D eigenvalue weighted by Crippen LogP contribution is 2.32. The van der Waals surface area contributed by atoms with Crippen LogP contribution in [0.2, 0.25) is 0 Å². The molecular weight excluding hydrogens is 542 g/mol. The first kappa shape index (κ1) is 26.7. The van der Waals surface area contributed by atoms with Crippen molar-refractivity contribution in [1.82, 2.24) is 15.2 Å². The van der Waals surface area contributed by atoms with Gasteiger partial charge in [0.15, 0.2) is 5.13 Å². The van der Waals surface area contributed by atoms with Crippen LogP contribution in [0.4, 0.5) is 10.8 Å². The number of amides is 1.